The first-order valence-electron chi connectivity index (χ1n) is 12.0. The summed E-state index contributed by atoms with van der Waals surface area (Å²) < 4.78 is 6.09. The van der Waals surface area contributed by atoms with Gasteiger partial charge in [0.1, 0.15) is 11.9 Å². The molecule has 0 spiro atoms. The molecule has 6 nitrogen and oxygen atoms in total. The summed E-state index contributed by atoms with van der Waals surface area (Å²) in [6.07, 6.45) is 7.59. The highest BCUT2D eigenvalue weighted by molar-refractivity contribution is 5.75. The quantitative estimate of drug-likeness (QED) is 0.538. The van der Waals surface area contributed by atoms with Gasteiger partial charge >= 0.3 is 5.97 Å². The first-order valence-corrected chi connectivity index (χ1v) is 12.0. The zero-order valence-electron chi connectivity index (χ0n) is 19.1. The van der Waals surface area contributed by atoms with E-state index in [-0.39, 0.29) is 6.10 Å². The molecule has 32 heavy (non-hydrogen) atoms. The van der Waals surface area contributed by atoms with Gasteiger partial charge in [0.2, 0.25) is 0 Å². The number of hydrogen-bond donors (Lipinski definition) is 2. The molecule has 2 atom stereocenters. The van der Waals surface area contributed by atoms with E-state index in [0.717, 1.165) is 75.2 Å². The molecule has 1 saturated heterocycles. The molecule has 0 unspecified atom stereocenters. The van der Waals surface area contributed by atoms with Gasteiger partial charge in [-0.15, -0.1) is 0 Å². The summed E-state index contributed by atoms with van der Waals surface area (Å²) in [5, 5.41) is 13.2. The van der Waals surface area contributed by atoms with Crippen molar-refractivity contribution in [3.8, 4) is 0 Å². The first-order chi connectivity index (χ1) is 15.6. The van der Waals surface area contributed by atoms with Crippen LogP contribution in [0, 0.1) is 6.92 Å². The topological polar surface area (TPSA) is 74.7 Å². The lowest BCUT2D eigenvalue weighted by atomic mass is 10.0. The Morgan fingerprint density at radius 2 is 2.19 bits per heavy atom. The number of likely N-dealkylation sites (tertiary alicyclic amines) is 1. The smallest absolute Gasteiger partial charge is 0.325 e. The molecular weight excluding hydrogens is 402 g/mol. The minimum atomic E-state index is -0.790. The molecular formula is C26H35N3O3. The molecule has 172 valence electrons. The molecule has 0 aliphatic carbocycles. The Bertz CT molecular complexity index is 917. The van der Waals surface area contributed by atoms with Crippen molar-refractivity contribution < 1.29 is 14.6 Å². The van der Waals surface area contributed by atoms with Crippen LogP contribution in [-0.4, -0.2) is 53.3 Å². The standard InChI is InChI=1S/C26H35N3O3/c1-19-7-5-8-21(17-19)24(26(30)31)29-15-13-23(18-29)32-16-4-2-3-10-22-12-11-20-9-6-14-27-25(20)28-22/h5,7-8,11-12,17,23-24H,2-4,6,9-10,13-16,18H2,1H3,(H,27,28)(H,30,31)/t23-,24-/m1/s1. The third-order valence-electron chi connectivity index (χ3n) is 6.52. The first kappa shape index (κ1) is 22.7. The summed E-state index contributed by atoms with van der Waals surface area (Å²) in [6, 6.07) is 11.6. The van der Waals surface area contributed by atoms with Crippen molar-refractivity contribution in [3.05, 3.63) is 58.8 Å². The zero-order valence-corrected chi connectivity index (χ0v) is 19.1. The Labute approximate surface area is 191 Å². The number of rotatable bonds is 10. The van der Waals surface area contributed by atoms with Crippen LogP contribution in [0.15, 0.2) is 36.4 Å². The van der Waals surface area contributed by atoms with E-state index in [1.807, 2.05) is 36.1 Å². The van der Waals surface area contributed by atoms with Crippen LogP contribution in [0.4, 0.5) is 5.82 Å². The van der Waals surface area contributed by atoms with Crippen LogP contribution in [0.5, 0.6) is 0 Å². The Balaban J connectivity index is 1.16. The van der Waals surface area contributed by atoms with Crippen LogP contribution in [0.25, 0.3) is 0 Å². The van der Waals surface area contributed by atoms with Gasteiger partial charge in [0.05, 0.1) is 6.10 Å². The van der Waals surface area contributed by atoms with Gasteiger partial charge in [-0.1, -0.05) is 42.3 Å². The Hall–Kier alpha value is -2.44. The van der Waals surface area contributed by atoms with Crippen LogP contribution in [0.2, 0.25) is 0 Å². The molecule has 4 rings (SSSR count). The summed E-state index contributed by atoms with van der Waals surface area (Å²) in [4.78, 5) is 18.7. The van der Waals surface area contributed by atoms with Crippen molar-refractivity contribution >= 4 is 11.8 Å². The van der Waals surface area contributed by atoms with Crippen molar-refractivity contribution in [3.63, 3.8) is 0 Å². The number of aliphatic carboxylic acids is 1. The van der Waals surface area contributed by atoms with Crippen LogP contribution in [0.3, 0.4) is 0 Å². The van der Waals surface area contributed by atoms with E-state index < -0.39 is 12.0 Å². The summed E-state index contributed by atoms with van der Waals surface area (Å²) in [5.41, 5.74) is 4.44. The molecule has 0 radical (unpaired) electrons. The fraction of sp³-hybridized carbons (Fsp3) is 0.538. The van der Waals surface area contributed by atoms with E-state index in [4.69, 9.17) is 9.72 Å². The molecule has 2 N–H and O–H groups in total. The van der Waals surface area contributed by atoms with Crippen LogP contribution >= 0.6 is 0 Å². The van der Waals surface area contributed by atoms with Crippen molar-refractivity contribution in [1.29, 1.82) is 0 Å². The number of unbranched alkanes of at least 4 members (excludes halogenated alkanes) is 2. The predicted molar refractivity (Wildman–Crippen MR) is 126 cm³/mol. The summed E-state index contributed by atoms with van der Waals surface area (Å²) in [7, 11) is 0. The van der Waals surface area contributed by atoms with Gasteiger partial charge in [-0.25, -0.2) is 4.98 Å². The van der Waals surface area contributed by atoms with E-state index in [0.29, 0.717) is 6.54 Å². The fourth-order valence-electron chi connectivity index (χ4n) is 4.82. The second-order valence-corrected chi connectivity index (χ2v) is 9.08. The van der Waals surface area contributed by atoms with Gasteiger partial charge in [0.15, 0.2) is 0 Å². The number of aromatic nitrogens is 1. The monoisotopic (exact) mass is 437 g/mol. The van der Waals surface area contributed by atoms with Gasteiger partial charge in [0.25, 0.3) is 0 Å². The summed E-state index contributed by atoms with van der Waals surface area (Å²) >= 11 is 0. The van der Waals surface area contributed by atoms with Crippen molar-refractivity contribution in [2.24, 2.45) is 0 Å². The molecule has 2 aliphatic rings. The molecule has 1 fully saturated rings. The number of nitrogens with one attached hydrogen (secondary N) is 1. The minimum absolute atomic E-state index is 0.120. The number of aryl methyl sites for hydroxylation is 3. The number of pyridine rings is 1. The highest BCUT2D eigenvalue weighted by Crippen LogP contribution is 2.27. The van der Waals surface area contributed by atoms with Gasteiger partial charge in [-0.3, -0.25) is 9.69 Å². The molecule has 2 aromatic rings. The third kappa shape index (κ3) is 5.87. The molecule has 1 aromatic carbocycles. The molecule has 0 saturated carbocycles. The predicted octanol–water partition coefficient (Wildman–Crippen LogP) is 4.38. The average Bonchev–Trinajstić information content (AvgIpc) is 3.24. The lowest BCUT2D eigenvalue weighted by Crippen LogP contribution is -2.33. The van der Waals surface area contributed by atoms with Crippen LogP contribution in [-0.2, 0) is 22.4 Å². The number of carboxylic acid groups (broad SMARTS) is 1. The summed E-state index contributed by atoms with van der Waals surface area (Å²) in [6.45, 7) is 5.19. The third-order valence-corrected chi connectivity index (χ3v) is 6.52. The maximum Gasteiger partial charge on any atom is 0.325 e. The number of fused-ring (bicyclic) bond motifs is 1. The zero-order chi connectivity index (χ0) is 22.3. The molecule has 1 aromatic heterocycles. The number of ether oxygens (including phenoxy) is 1. The SMILES string of the molecule is Cc1cccc([C@H](C(=O)O)N2CC[C@@H](OCCCCCc3ccc4c(n3)NCCC4)C2)c1. The Morgan fingerprint density at radius 3 is 3.03 bits per heavy atom. The van der Waals surface area contributed by atoms with Gasteiger partial charge in [-0.2, -0.15) is 0 Å². The number of hydrogen-bond acceptors (Lipinski definition) is 5. The Kier molecular flexibility index (Phi) is 7.76. The molecule has 3 heterocycles. The number of nitrogens with zero attached hydrogens (tertiary/aromatic N) is 2. The van der Waals surface area contributed by atoms with Crippen LogP contribution < -0.4 is 5.32 Å². The van der Waals surface area contributed by atoms with E-state index in [2.05, 4.69) is 17.4 Å². The van der Waals surface area contributed by atoms with Crippen molar-refractivity contribution in [1.82, 2.24) is 9.88 Å². The van der Waals surface area contributed by atoms with Crippen LogP contribution in [0.1, 0.15) is 60.5 Å². The van der Waals surface area contributed by atoms with E-state index in [9.17, 15) is 9.90 Å². The van der Waals surface area contributed by atoms with Gasteiger partial charge in [-0.05, 0) is 62.6 Å². The molecule has 0 amide bonds. The van der Waals surface area contributed by atoms with Gasteiger partial charge in [0, 0.05) is 31.9 Å². The van der Waals surface area contributed by atoms with Crippen molar-refractivity contribution in [2.75, 3.05) is 31.6 Å². The average molecular weight is 438 g/mol. The second-order valence-electron chi connectivity index (χ2n) is 9.08. The maximum atomic E-state index is 11.9. The molecule has 0 bridgehead atoms. The second kappa shape index (κ2) is 10.9. The van der Waals surface area contributed by atoms with E-state index in [1.165, 1.54) is 17.7 Å². The van der Waals surface area contributed by atoms with Gasteiger partial charge < -0.3 is 15.2 Å². The number of anilines is 1. The highest BCUT2D eigenvalue weighted by atomic mass is 16.5. The largest absolute Gasteiger partial charge is 0.480 e. The Morgan fingerprint density at radius 1 is 1.28 bits per heavy atom. The highest BCUT2D eigenvalue weighted by Gasteiger charge is 2.33. The molecule has 6 heteroatoms. The number of carbonyl (C=O) groups is 1. The number of benzene rings is 1. The van der Waals surface area contributed by atoms with E-state index in [1.54, 1.807) is 0 Å². The fourth-order valence-corrected chi connectivity index (χ4v) is 4.82. The minimum Gasteiger partial charge on any atom is -0.480 e. The lowest BCUT2D eigenvalue weighted by Gasteiger charge is -2.25. The molecule has 2 aliphatic heterocycles. The van der Waals surface area contributed by atoms with Crippen molar-refractivity contribution in [2.45, 2.75) is 64.0 Å². The maximum absolute atomic E-state index is 11.9. The number of carboxylic acids is 1. The lowest BCUT2D eigenvalue weighted by molar-refractivity contribution is -0.143. The summed E-state index contributed by atoms with van der Waals surface area (Å²) in [5.74, 6) is 0.287. The van der Waals surface area contributed by atoms with E-state index >= 15 is 0 Å². The normalized spacial score (nSPS) is 19.3.